The molecule has 3 rings (SSSR count). The first kappa shape index (κ1) is 15.5. The average Bonchev–Trinajstić information content (AvgIpc) is 2.88. The number of nitrogens with one attached hydrogen (secondary N) is 1. The van der Waals surface area contributed by atoms with Gasteiger partial charge in [0.1, 0.15) is 17.9 Å². The van der Waals surface area contributed by atoms with Gasteiger partial charge in [0.05, 0.1) is 13.2 Å². The second kappa shape index (κ2) is 6.39. The third-order valence-electron chi connectivity index (χ3n) is 5.48. The second-order valence-corrected chi connectivity index (χ2v) is 6.64. The molecular weight excluding hydrogens is 276 g/mol. The number of para-hydroxylation sites is 1. The predicted octanol–water partition coefficient (Wildman–Crippen LogP) is 2.82. The van der Waals surface area contributed by atoms with Crippen LogP contribution in [0.15, 0.2) is 30.3 Å². The summed E-state index contributed by atoms with van der Waals surface area (Å²) >= 11 is 0. The lowest BCUT2D eigenvalue weighted by atomic mass is 9.79. The molecule has 22 heavy (non-hydrogen) atoms. The van der Waals surface area contributed by atoms with E-state index in [2.05, 4.69) is 29.6 Å². The van der Waals surface area contributed by atoms with Crippen LogP contribution in [0.5, 0.6) is 0 Å². The Morgan fingerprint density at radius 2 is 1.95 bits per heavy atom. The largest absolute Gasteiger partial charge is 0.462 e. The van der Waals surface area contributed by atoms with Gasteiger partial charge in [-0.1, -0.05) is 24.6 Å². The van der Waals surface area contributed by atoms with Crippen LogP contribution in [0.2, 0.25) is 0 Å². The van der Waals surface area contributed by atoms with E-state index in [1.54, 1.807) is 0 Å². The molecule has 4 nitrogen and oxygen atoms in total. The van der Waals surface area contributed by atoms with Gasteiger partial charge in [-0.05, 0) is 31.9 Å². The van der Waals surface area contributed by atoms with E-state index in [4.69, 9.17) is 4.74 Å². The first-order valence-corrected chi connectivity index (χ1v) is 8.52. The van der Waals surface area contributed by atoms with Crippen LogP contribution in [-0.2, 0) is 9.53 Å². The maximum atomic E-state index is 12.3. The van der Waals surface area contributed by atoms with Gasteiger partial charge in [-0.3, -0.25) is 9.80 Å². The van der Waals surface area contributed by atoms with Crippen LogP contribution in [0.4, 0.5) is 5.69 Å². The zero-order chi connectivity index (χ0) is 15.5. The number of benzene rings is 1. The molecule has 120 valence electrons. The predicted molar refractivity (Wildman–Crippen MR) is 88.4 cm³/mol. The SMILES string of the molecule is CCOC(=O)C[N+]1(c2ccccc2)CNCC12CCCCC2. The molecule has 0 amide bonds. The van der Waals surface area contributed by atoms with Gasteiger partial charge in [0.25, 0.3) is 0 Å². The summed E-state index contributed by atoms with van der Waals surface area (Å²) in [6.45, 7) is 4.59. The van der Waals surface area contributed by atoms with Gasteiger partial charge in [0.15, 0.2) is 6.54 Å². The highest BCUT2D eigenvalue weighted by atomic mass is 16.5. The van der Waals surface area contributed by atoms with Crippen molar-refractivity contribution in [1.82, 2.24) is 9.80 Å². The van der Waals surface area contributed by atoms with Gasteiger partial charge in [-0.25, -0.2) is 4.79 Å². The van der Waals surface area contributed by atoms with Crippen molar-refractivity contribution in [3.63, 3.8) is 0 Å². The molecular formula is C18H27N2O2+. The average molecular weight is 303 g/mol. The third kappa shape index (κ3) is 2.55. The number of rotatable bonds is 4. The number of nitrogens with zero attached hydrogens (tertiary/aromatic N) is 1. The van der Waals surface area contributed by atoms with Crippen LogP contribution in [0.25, 0.3) is 0 Å². The summed E-state index contributed by atoms with van der Waals surface area (Å²) in [5.41, 5.74) is 1.38. The quantitative estimate of drug-likeness (QED) is 0.686. The molecule has 2 aliphatic rings. The Hall–Kier alpha value is -1.39. The van der Waals surface area contributed by atoms with Crippen LogP contribution in [-0.4, -0.2) is 37.9 Å². The van der Waals surface area contributed by atoms with Gasteiger partial charge >= 0.3 is 5.97 Å². The van der Waals surface area contributed by atoms with Gasteiger partial charge < -0.3 is 4.74 Å². The number of esters is 1. The monoisotopic (exact) mass is 303 g/mol. The molecule has 1 unspecified atom stereocenters. The van der Waals surface area contributed by atoms with Crippen molar-refractivity contribution in [2.75, 3.05) is 26.4 Å². The maximum absolute atomic E-state index is 12.3. The Morgan fingerprint density at radius 3 is 2.64 bits per heavy atom. The van der Waals surface area contributed by atoms with Crippen molar-refractivity contribution in [3.05, 3.63) is 30.3 Å². The Balaban J connectivity index is 2.00. The zero-order valence-electron chi connectivity index (χ0n) is 13.5. The molecule has 1 aromatic rings. The maximum Gasteiger partial charge on any atom is 0.362 e. The summed E-state index contributed by atoms with van der Waals surface area (Å²) in [5, 5.41) is 3.58. The van der Waals surface area contributed by atoms with Crippen molar-refractivity contribution < 1.29 is 9.53 Å². The topological polar surface area (TPSA) is 38.3 Å². The number of ether oxygens (including phenoxy) is 1. The fourth-order valence-electron chi connectivity index (χ4n) is 4.43. The van der Waals surface area contributed by atoms with E-state index in [1.807, 2.05) is 13.0 Å². The van der Waals surface area contributed by atoms with E-state index in [1.165, 1.54) is 37.8 Å². The highest BCUT2D eigenvalue weighted by molar-refractivity contribution is 5.75. The van der Waals surface area contributed by atoms with Gasteiger partial charge in [-0.2, -0.15) is 0 Å². The third-order valence-corrected chi connectivity index (χ3v) is 5.48. The fraction of sp³-hybridized carbons (Fsp3) is 0.611. The zero-order valence-corrected chi connectivity index (χ0v) is 13.5. The lowest BCUT2D eigenvalue weighted by Gasteiger charge is -2.48. The summed E-state index contributed by atoms with van der Waals surface area (Å²) < 4.78 is 6.02. The summed E-state index contributed by atoms with van der Waals surface area (Å²) in [5.74, 6) is -0.0833. The molecule has 1 aromatic carbocycles. The van der Waals surface area contributed by atoms with Crippen LogP contribution in [0.3, 0.4) is 0 Å². The molecule has 0 radical (unpaired) electrons. The van der Waals surface area contributed by atoms with Crippen molar-refractivity contribution in [3.8, 4) is 0 Å². The highest BCUT2D eigenvalue weighted by Crippen LogP contribution is 2.44. The number of quaternary nitrogens is 1. The van der Waals surface area contributed by atoms with E-state index in [0.29, 0.717) is 17.6 Å². The highest BCUT2D eigenvalue weighted by Gasteiger charge is 2.57. The van der Waals surface area contributed by atoms with Crippen molar-refractivity contribution in [2.24, 2.45) is 0 Å². The lowest BCUT2D eigenvalue weighted by Crippen LogP contribution is -2.66. The molecule has 2 fully saturated rings. The Kier molecular flexibility index (Phi) is 4.50. The number of hydrogen-bond donors (Lipinski definition) is 1. The molecule has 1 N–H and O–H groups in total. The Bertz CT molecular complexity index is 511. The molecule has 1 spiro atoms. The summed E-state index contributed by atoms with van der Waals surface area (Å²) in [7, 11) is 0. The fourth-order valence-corrected chi connectivity index (χ4v) is 4.43. The number of carbonyl (C=O) groups is 1. The van der Waals surface area contributed by atoms with Gasteiger partial charge in [-0.15, -0.1) is 0 Å². The molecule has 4 heteroatoms. The standard InChI is InChI=1S/C18H27N2O2/c1-2-22-17(21)13-20(16-9-5-3-6-10-16)15-19-14-18(20)11-7-4-8-12-18/h3,5-6,9-10,19H,2,4,7-8,11-15H2,1H3/q+1. The summed E-state index contributed by atoms with van der Waals surface area (Å²) in [6.07, 6.45) is 6.22. The minimum atomic E-state index is -0.0833. The second-order valence-electron chi connectivity index (χ2n) is 6.64. The normalized spacial score (nSPS) is 27.0. The van der Waals surface area contributed by atoms with E-state index in [0.717, 1.165) is 13.2 Å². The van der Waals surface area contributed by atoms with Crippen LogP contribution in [0, 0.1) is 0 Å². The van der Waals surface area contributed by atoms with E-state index < -0.39 is 0 Å². The van der Waals surface area contributed by atoms with Gasteiger partial charge in [0.2, 0.25) is 0 Å². The smallest absolute Gasteiger partial charge is 0.362 e. The Labute approximate surface area is 133 Å². The summed E-state index contributed by atoms with van der Waals surface area (Å²) in [6, 6.07) is 10.5. The van der Waals surface area contributed by atoms with Gasteiger partial charge in [0, 0.05) is 12.8 Å². The summed E-state index contributed by atoms with van der Waals surface area (Å²) in [4.78, 5) is 12.3. The van der Waals surface area contributed by atoms with Crippen molar-refractivity contribution in [2.45, 2.75) is 44.6 Å². The minimum Gasteiger partial charge on any atom is -0.462 e. The van der Waals surface area contributed by atoms with E-state index >= 15 is 0 Å². The van der Waals surface area contributed by atoms with E-state index in [9.17, 15) is 4.79 Å². The number of carbonyl (C=O) groups excluding carboxylic acids is 1. The molecule has 0 aromatic heterocycles. The molecule has 1 heterocycles. The molecule has 1 aliphatic carbocycles. The van der Waals surface area contributed by atoms with Crippen molar-refractivity contribution in [1.29, 1.82) is 0 Å². The van der Waals surface area contributed by atoms with Crippen LogP contribution in [0.1, 0.15) is 39.0 Å². The molecule has 1 atom stereocenters. The Morgan fingerprint density at radius 1 is 1.23 bits per heavy atom. The van der Waals surface area contributed by atoms with Crippen molar-refractivity contribution >= 4 is 11.7 Å². The van der Waals surface area contributed by atoms with E-state index in [-0.39, 0.29) is 11.5 Å². The van der Waals surface area contributed by atoms with Crippen LogP contribution < -0.4 is 9.80 Å². The minimum absolute atomic E-state index is 0.0833. The number of hydrogen-bond acceptors (Lipinski definition) is 3. The molecule has 0 bridgehead atoms. The molecule has 1 saturated carbocycles. The van der Waals surface area contributed by atoms with Crippen LogP contribution >= 0.6 is 0 Å². The first-order chi connectivity index (χ1) is 10.7. The molecule has 1 saturated heterocycles. The molecule has 1 aliphatic heterocycles. The first-order valence-electron chi connectivity index (χ1n) is 8.52. The lowest BCUT2D eigenvalue weighted by molar-refractivity contribution is -0.145.